The van der Waals surface area contributed by atoms with Gasteiger partial charge in [0, 0.05) is 23.4 Å². The van der Waals surface area contributed by atoms with Crippen LogP contribution in [0.5, 0.6) is 0 Å². The van der Waals surface area contributed by atoms with E-state index in [0.29, 0.717) is 19.1 Å². The van der Waals surface area contributed by atoms with Crippen molar-refractivity contribution in [2.24, 2.45) is 0 Å². The Balaban J connectivity index is 1.62. The summed E-state index contributed by atoms with van der Waals surface area (Å²) in [6.07, 6.45) is 4.25. The molecule has 2 aromatic rings. The molecular weight excluding hydrogens is 240 g/mol. The van der Waals surface area contributed by atoms with Crippen LogP contribution in [0, 0.1) is 0 Å². The number of ether oxygens (including phenoxy) is 2. The van der Waals surface area contributed by atoms with E-state index in [1.54, 1.807) is 0 Å². The van der Waals surface area contributed by atoms with Crippen molar-refractivity contribution in [1.29, 1.82) is 0 Å². The van der Waals surface area contributed by atoms with Gasteiger partial charge in [-0.15, -0.1) is 0 Å². The average molecular weight is 256 g/mol. The lowest BCUT2D eigenvalue weighted by Gasteiger charge is -2.11. The van der Waals surface area contributed by atoms with Crippen LogP contribution in [-0.2, 0) is 9.47 Å². The zero-order chi connectivity index (χ0) is 12.7. The first-order valence-electron chi connectivity index (χ1n) is 6.79. The van der Waals surface area contributed by atoms with Gasteiger partial charge in [-0.25, -0.2) is 4.68 Å². The number of hydrogen-bond donors (Lipinski definition) is 0. The van der Waals surface area contributed by atoms with Gasteiger partial charge in [0.05, 0.1) is 18.9 Å². The molecule has 1 aromatic carbocycles. The molecule has 2 fully saturated rings. The minimum atomic E-state index is -0.199. The van der Waals surface area contributed by atoms with Crippen LogP contribution in [0.1, 0.15) is 36.3 Å². The molecule has 1 aliphatic carbocycles. The Bertz CT molecular complexity index is 566. The Kier molecular flexibility index (Phi) is 2.64. The van der Waals surface area contributed by atoms with Gasteiger partial charge in [0.15, 0.2) is 6.29 Å². The highest BCUT2D eigenvalue weighted by Gasteiger charge is 2.27. The minimum absolute atomic E-state index is 0.199. The molecule has 98 valence electrons. The molecule has 0 amide bonds. The van der Waals surface area contributed by atoms with Crippen LogP contribution in [0.25, 0.3) is 5.69 Å². The molecule has 0 unspecified atom stereocenters. The number of rotatable bonds is 3. The lowest BCUT2D eigenvalue weighted by Crippen LogP contribution is -2.02. The third-order valence-electron chi connectivity index (χ3n) is 3.70. The monoisotopic (exact) mass is 256 g/mol. The number of nitrogens with zero attached hydrogens (tertiary/aromatic N) is 2. The fourth-order valence-electron chi connectivity index (χ4n) is 2.54. The Morgan fingerprint density at radius 1 is 1.00 bits per heavy atom. The first-order valence-corrected chi connectivity index (χ1v) is 6.79. The topological polar surface area (TPSA) is 36.3 Å². The van der Waals surface area contributed by atoms with Gasteiger partial charge < -0.3 is 9.47 Å². The summed E-state index contributed by atoms with van der Waals surface area (Å²) < 4.78 is 13.0. The molecule has 19 heavy (non-hydrogen) atoms. The first-order chi connectivity index (χ1) is 9.42. The minimum Gasteiger partial charge on any atom is -0.346 e. The number of benzene rings is 1. The van der Waals surface area contributed by atoms with E-state index in [2.05, 4.69) is 35.4 Å². The third kappa shape index (κ3) is 2.07. The van der Waals surface area contributed by atoms with Gasteiger partial charge >= 0.3 is 0 Å². The second kappa shape index (κ2) is 4.47. The Labute approximate surface area is 112 Å². The van der Waals surface area contributed by atoms with Crippen LogP contribution in [0.4, 0.5) is 0 Å². The van der Waals surface area contributed by atoms with Gasteiger partial charge in [0.25, 0.3) is 0 Å². The number of hydrogen-bond acceptors (Lipinski definition) is 3. The zero-order valence-electron chi connectivity index (χ0n) is 10.7. The molecule has 2 aliphatic rings. The van der Waals surface area contributed by atoms with Crippen molar-refractivity contribution in [2.45, 2.75) is 25.0 Å². The highest BCUT2D eigenvalue weighted by molar-refractivity contribution is 5.37. The van der Waals surface area contributed by atoms with Crippen LogP contribution in [0.3, 0.4) is 0 Å². The molecule has 2 heterocycles. The third-order valence-corrected chi connectivity index (χ3v) is 3.70. The van der Waals surface area contributed by atoms with Gasteiger partial charge in [-0.1, -0.05) is 12.1 Å². The molecular formula is C15H16N2O2. The summed E-state index contributed by atoms with van der Waals surface area (Å²) in [5, 5.41) is 4.43. The van der Waals surface area contributed by atoms with Gasteiger partial charge in [0.1, 0.15) is 0 Å². The maximum absolute atomic E-state index is 5.50. The molecule has 1 aromatic heterocycles. The van der Waals surface area contributed by atoms with E-state index >= 15 is 0 Å². The van der Waals surface area contributed by atoms with Crippen molar-refractivity contribution in [3.8, 4) is 5.69 Å². The summed E-state index contributed by atoms with van der Waals surface area (Å²) in [6, 6.07) is 10.4. The van der Waals surface area contributed by atoms with E-state index in [0.717, 1.165) is 11.3 Å². The molecule has 4 heteroatoms. The molecule has 1 aliphatic heterocycles. The summed E-state index contributed by atoms with van der Waals surface area (Å²) in [5.41, 5.74) is 3.50. The highest BCUT2D eigenvalue weighted by atomic mass is 16.7. The molecule has 4 nitrogen and oxygen atoms in total. The largest absolute Gasteiger partial charge is 0.346 e. The van der Waals surface area contributed by atoms with Crippen molar-refractivity contribution in [3.05, 3.63) is 47.8 Å². The smallest absolute Gasteiger partial charge is 0.184 e. The quantitative estimate of drug-likeness (QED) is 0.847. The lowest BCUT2D eigenvalue weighted by molar-refractivity contribution is -0.0441. The normalized spacial score (nSPS) is 20.0. The summed E-state index contributed by atoms with van der Waals surface area (Å²) >= 11 is 0. The lowest BCUT2D eigenvalue weighted by atomic mass is 10.2. The first kappa shape index (κ1) is 11.2. The molecule has 1 saturated heterocycles. The van der Waals surface area contributed by atoms with Crippen LogP contribution < -0.4 is 0 Å². The molecule has 0 N–H and O–H groups in total. The molecule has 0 radical (unpaired) electrons. The Hall–Kier alpha value is -1.65. The van der Waals surface area contributed by atoms with Crippen molar-refractivity contribution < 1.29 is 9.47 Å². The van der Waals surface area contributed by atoms with Crippen LogP contribution in [0.15, 0.2) is 36.5 Å². The molecule has 0 bridgehead atoms. The van der Waals surface area contributed by atoms with E-state index in [-0.39, 0.29) is 6.29 Å². The highest BCUT2D eigenvalue weighted by Crippen LogP contribution is 2.40. The predicted molar refractivity (Wildman–Crippen MR) is 70.2 cm³/mol. The fraction of sp³-hybridized carbons (Fsp3) is 0.400. The zero-order valence-corrected chi connectivity index (χ0v) is 10.7. The van der Waals surface area contributed by atoms with Crippen molar-refractivity contribution in [3.63, 3.8) is 0 Å². The van der Waals surface area contributed by atoms with Crippen LogP contribution in [-0.4, -0.2) is 23.0 Å². The Morgan fingerprint density at radius 3 is 2.42 bits per heavy atom. The van der Waals surface area contributed by atoms with E-state index in [1.807, 2.05) is 10.9 Å². The molecule has 0 atom stereocenters. The van der Waals surface area contributed by atoms with Gasteiger partial charge in [-0.2, -0.15) is 5.10 Å². The second-order valence-electron chi connectivity index (χ2n) is 5.11. The van der Waals surface area contributed by atoms with E-state index in [9.17, 15) is 0 Å². The fourth-order valence-corrected chi connectivity index (χ4v) is 2.54. The summed E-state index contributed by atoms with van der Waals surface area (Å²) in [6.45, 7) is 1.36. The molecule has 0 spiro atoms. The summed E-state index contributed by atoms with van der Waals surface area (Å²) in [5.74, 6) is 0.698. The SMILES string of the molecule is c1cc(C2CC2)n(-c2ccc(C3OCCO3)cc2)n1. The molecule has 4 rings (SSSR count). The summed E-state index contributed by atoms with van der Waals surface area (Å²) in [4.78, 5) is 0. The Morgan fingerprint density at radius 2 is 1.74 bits per heavy atom. The second-order valence-corrected chi connectivity index (χ2v) is 5.11. The van der Waals surface area contributed by atoms with Gasteiger partial charge in [0.2, 0.25) is 0 Å². The van der Waals surface area contributed by atoms with E-state index < -0.39 is 0 Å². The summed E-state index contributed by atoms with van der Waals surface area (Å²) in [7, 11) is 0. The number of aromatic nitrogens is 2. The maximum atomic E-state index is 5.50. The van der Waals surface area contributed by atoms with Crippen molar-refractivity contribution in [2.75, 3.05) is 13.2 Å². The average Bonchev–Trinajstić information content (AvgIpc) is 2.96. The predicted octanol–water partition coefficient (Wildman–Crippen LogP) is 2.80. The maximum Gasteiger partial charge on any atom is 0.184 e. The standard InChI is InChI=1S/C15H16N2O2/c1-2-11(1)14-7-8-16-17(14)13-5-3-12(4-6-13)15-18-9-10-19-15/h3-8,11,15H,1-2,9-10H2. The van der Waals surface area contributed by atoms with Crippen molar-refractivity contribution >= 4 is 0 Å². The van der Waals surface area contributed by atoms with E-state index in [4.69, 9.17) is 9.47 Å². The van der Waals surface area contributed by atoms with Gasteiger partial charge in [-0.05, 0) is 31.0 Å². The van der Waals surface area contributed by atoms with Gasteiger partial charge in [-0.3, -0.25) is 0 Å². The van der Waals surface area contributed by atoms with Crippen molar-refractivity contribution in [1.82, 2.24) is 9.78 Å². The molecule has 1 saturated carbocycles. The van der Waals surface area contributed by atoms with Crippen LogP contribution in [0.2, 0.25) is 0 Å². The van der Waals surface area contributed by atoms with E-state index in [1.165, 1.54) is 18.5 Å². The van der Waals surface area contributed by atoms with Crippen LogP contribution >= 0.6 is 0 Å².